The van der Waals surface area contributed by atoms with Crippen LogP contribution in [0.25, 0.3) is 0 Å². The van der Waals surface area contributed by atoms with Gasteiger partial charge in [0, 0.05) is 17.3 Å². The summed E-state index contributed by atoms with van der Waals surface area (Å²) in [5.74, 6) is -2.07. The minimum Gasteiger partial charge on any atom is -0.465 e. The third-order valence-corrected chi connectivity index (χ3v) is 10.8. The monoisotopic (exact) mass is 560 g/mol. The zero-order valence-electron chi connectivity index (χ0n) is 24.8. The highest BCUT2D eigenvalue weighted by atomic mass is 32.2. The highest BCUT2D eigenvalue weighted by Gasteiger charge is 2.72. The highest BCUT2D eigenvalue weighted by molar-refractivity contribution is 8.02. The molecule has 0 aromatic rings. The number of allylic oxidation sites excluding steroid dienone is 1. The lowest BCUT2D eigenvalue weighted by Crippen LogP contribution is -2.61. The lowest BCUT2D eigenvalue weighted by Gasteiger charge is -2.46. The lowest BCUT2D eigenvalue weighted by molar-refractivity contribution is -0.154. The molecular formula is C31H48N2O5S. The lowest BCUT2D eigenvalue weighted by atomic mass is 9.78. The highest BCUT2D eigenvalue weighted by Crippen LogP contribution is 2.61. The number of carbonyl (C=O) groups excluding carboxylic acids is 3. The maximum Gasteiger partial charge on any atom is 0.311 e. The molecule has 4 aliphatic rings. The van der Waals surface area contributed by atoms with E-state index in [1.165, 1.54) is 0 Å². The number of aliphatic hydroxyl groups is 1. The molecule has 8 heteroatoms. The van der Waals surface area contributed by atoms with E-state index in [-0.39, 0.29) is 41.0 Å². The van der Waals surface area contributed by atoms with E-state index in [1.807, 2.05) is 24.8 Å². The normalized spacial score (nSPS) is 34.1. The summed E-state index contributed by atoms with van der Waals surface area (Å²) in [6.45, 7) is 15.3. The zero-order valence-corrected chi connectivity index (χ0v) is 25.6. The molecule has 1 unspecified atom stereocenters. The van der Waals surface area contributed by atoms with Crippen LogP contribution in [0.15, 0.2) is 24.3 Å². The van der Waals surface area contributed by atoms with Gasteiger partial charge in [-0.25, -0.2) is 0 Å². The first-order valence-electron chi connectivity index (χ1n) is 14.7. The van der Waals surface area contributed by atoms with E-state index in [4.69, 9.17) is 4.74 Å². The van der Waals surface area contributed by atoms with Crippen molar-refractivity contribution in [2.75, 3.05) is 19.8 Å². The minimum atomic E-state index is -0.908. The number of likely N-dealkylation sites (tertiary alicyclic amines) is 1. The number of ether oxygens (including phenoxy) is 1. The van der Waals surface area contributed by atoms with Gasteiger partial charge < -0.3 is 19.6 Å². The second-order valence-corrected chi connectivity index (χ2v) is 15.2. The quantitative estimate of drug-likeness (QED) is 0.378. The third kappa shape index (κ3) is 5.44. The fraction of sp³-hybridized carbons (Fsp3) is 0.774. The fourth-order valence-electron chi connectivity index (χ4n) is 7.47. The number of nitrogens with zero attached hydrogens (tertiary/aromatic N) is 2. The van der Waals surface area contributed by atoms with Gasteiger partial charge in [0.25, 0.3) is 0 Å². The molecule has 1 spiro atoms. The first-order valence-corrected chi connectivity index (χ1v) is 15.6. The molecule has 4 rings (SSSR count). The van der Waals surface area contributed by atoms with Crippen LogP contribution in [-0.2, 0) is 19.1 Å². The number of fused-ring (bicyclic) bond motifs is 2. The maximum absolute atomic E-state index is 14.8. The molecule has 1 N–H and O–H groups in total. The number of carbonyl (C=O) groups is 3. The van der Waals surface area contributed by atoms with Crippen LogP contribution in [-0.4, -0.2) is 80.1 Å². The first kappa shape index (κ1) is 30.2. The van der Waals surface area contributed by atoms with Crippen molar-refractivity contribution in [3.05, 3.63) is 24.3 Å². The van der Waals surface area contributed by atoms with Crippen LogP contribution in [0.5, 0.6) is 0 Å². The third-order valence-electron chi connectivity index (χ3n) is 9.08. The van der Waals surface area contributed by atoms with Gasteiger partial charge in [-0.1, -0.05) is 65.3 Å². The molecule has 7 atom stereocenters. The summed E-state index contributed by atoms with van der Waals surface area (Å²) in [7, 11) is 0. The molecule has 4 aliphatic heterocycles. The second-order valence-electron chi connectivity index (χ2n) is 13.7. The molecule has 0 aliphatic carbocycles. The Bertz CT molecular complexity index is 1020. The van der Waals surface area contributed by atoms with Crippen molar-refractivity contribution in [2.45, 2.75) is 108 Å². The Morgan fingerprint density at radius 3 is 2.49 bits per heavy atom. The molecule has 2 amide bonds. The maximum atomic E-state index is 14.8. The van der Waals surface area contributed by atoms with E-state index in [1.54, 1.807) is 16.7 Å². The first-order chi connectivity index (χ1) is 18.3. The predicted octanol–water partition coefficient (Wildman–Crippen LogP) is 4.59. The van der Waals surface area contributed by atoms with Crippen molar-refractivity contribution in [3.63, 3.8) is 0 Å². The largest absolute Gasteiger partial charge is 0.465 e. The van der Waals surface area contributed by atoms with Gasteiger partial charge in [0.05, 0.1) is 35.8 Å². The number of hydrogen-bond donors (Lipinski definition) is 1. The van der Waals surface area contributed by atoms with E-state index in [0.717, 1.165) is 32.1 Å². The summed E-state index contributed by atoms with van der Waals surface area (Å²) in [4.78, 5) is 46.5. The Hall–Kier alpha value is -1.80. The van der Waals surface area contributed by atoms with Crippen molar-refractivity contribution < 1.29 is 24.2 Å². The van der Waals surface area contributed by atoms with Crippen LogP contribution < -0.4 is 0 Å². The SMILES string of the molecule is CC[C@H](C)[C@H](CO)N1C(=O)[C@@H]2[C@H]3C(=O)OCCCC/C=C\[C@H]3S[C@@]23C=CCN(C(C)(C)CC(C)(C)C)C(=O)C13. The zero-order chi connectivity index (χ0) is 28.8. The number of thioether (sulfide) groups is 1. The number of cyclic esters (lactones) is 1. The molecule has 0 radical (unpaired) electrons. The van der Waals surface area contributed by atoms with Crippen LogP contribution in [0.3, 0.4) is 0 Å². The van der Waals surface area contributed by atoms with Gasteiger partial charge in [-0.2, -0.15) is 0 Å². The van der Waals surface area contributed by atoms with Crippen LogP contribution in [0, 0.1) is 23.2 Å². The van der Waals surface area contributed by atoms with Gasteiger partial charge in [-0.15, -0.1) is 11.8 Å². The second kappa shape index (κ2) is 11.2. The van der Waals surface area contributed by atoms with Crippen molar-refractivity contribution >= 4 is 29.5 Å². The van der Waals surface area contributed by atoms with Gasteiger partial charge in [-0.05, 0) is 50.9 Å². The van der Waals surface area contributed by atoms with E-state index in [0.29, 0.717) is 13.2 Å². The van der Waals surface area contributed by atoms with Crippen LogP contribution >= 0.6 is 11.8 Å². The Kier molecular flexibility index (Phi) is 8.69. The van der Waals surface area contributed by atoms with E-state index in [2.05, 4.69) is 52.8 Å². The molecule has 0 aromatic carbocycles. The molecule has 218 valence electrons. The smallest absolute Gasteiger partial charge is 0.311 e. The van der Waals surface area contributed by atoms with E-state index in [9.17, 15) is 19.5 Å². The number of esters is 1. The van der Waals surface area contributed by atoms with Gasteiger partial charge in [0.15, 0.2) is 0 Å². The molecule has 39 heavy (non-hydrogen) atoms. The number of aliphatic hydroxyl groups excluding tert-OH is 1. The van der Waals surface area contributed by atoms with Gasteiger partial charge in [0.1, 0.15) is 6.04 Å². The average molecular weight is 561 g/mol. The number of hydrogen-bond acceptors (Lipinski definition) is 6. The molecule has 0 saturated carbocycles. The summed E-state index contributed by atoms with van der Waals surface area (Å²) in [6, 6.07) is -1.31. The molecule has 2 fully saturated rings. The summed E-state index contributed by atoms with van der Waals surface area (Å²) in [6.07, 6.45) is 12.4. The Balaban J connectivity index is 1.87. The average Bonchev–Trinajstić information content (AvgIpc) is 3.22. The summed E-state index contributed by atoms with van der Waals surface area (Å²) >= 11 is 1.57. The summed E-state index contributed by atoms with van der Waals surface area (Å²) < 4.78 is 4.81. The van der Waals surface area contributed by atoms with Crippen LogP contribution in [0.2, 0.25) is 0 Å². The summed E-state index contributed by atoms with van der Waals surface area (Å²) in [5, 5.41) is 10.3. The van der Waals surface area contributed by atoms with E-state index >= 15 is 0 Å². The van der Waals surface area contributed by atoms with E-state index < -0.39 is 34.2 Å². The number of rotatable bonds is 6. The molecule has 7 nitrogen and oxygen atoms in total. The van der Waals surface area contributed by atoms with Gasteiger partial charge >= 0.3 is 5.97 Å². The van der Waals surface area contributed by atoms with Crippen LogP contribution in [0.4, 0.5) is 0 Å². The topological polar surface area (TPSA) is 87.2 Å². The Morgan fingerprint density at radius 1 is 1.13 bits per heavy atom. The van der Waals surface area contributed by atoms with Crippen LogP contribution in [0.1, 0.15) is 80.6 Å². The van der Waals surface area contributed by atoms with Gasteiger partial charge in [0.2, 0.25) is 11.8 Å². The molecule has 0 bridgehead atoms. The van der Waals surface area contributed by atoms with Crippen molar-refractivity contribution in [2.24, 2.45) is 23.2 Å². The Morgan fingerprint density at radius 2 is 1.85 bits per heavy atom. The van der Waals surface area contributed by atoms with Crippen molar-refractivity contribution in [1.29, 1.82) is 0 Å². The van der Waals surface area contributed by atoms with Crippen molar-refractivity contribution in [3.8, 4) is 0 Å². The molecule has 4 heterocycles. The van der Waals surface area contributed by atoms with Crippen molar-refractivity contribution in [1.82, 2.24) is 9.80 Å². The number of amides is 2. The fourth-order valence-corrected chi connectivity index (χ4v) is 9.45. The van der Waals surface area contributed by atoms with Gasteiger partial charge in [-0.3, -0.25) is 14.4 Å². The molecule has 0 aromatic heterocycles. The molecule has 2 saturated heterocycles. The minimum absolute atomic E-state index is 0.00527. The standard InChI is InChI=1S/C31H48N2O5S/c1-8-20(2)21(18-34)33-25-27(36)32(30(6,7)19-29(3,4)5)16-13-15-31(25)24(26(33)35)23-22(39-31)14-11-9-10-12-17-38-28(23)37/h11,13-15,20-25,34H,8-10,12,16-19H2,1-7H3/b14-11-/t20-,21-,22+,23-,24-,25?,31-/m0/s1. The molecular weight excluding hydrogens is 512 g/mol. The Labute approximate surface area is 238 Å². The predicted molar refractivity (Wildman–Crippen MR) is 155 cm³/mol. The summed E-state index contributed by atoms with van der Waals surface area (Å²) in [5.41, 5.74) is -0.461.